The summed E-state index contributed by atoms with van der Waals surface area (Å²) in [5.74, 6) is 0. The first-order valence-corrected chi connectivity index (χ1v) is 12.0. The van der Waals surface area contributed by atoms with E-state index in [1.54, 1.807) is 12.4 Å². The minimum absolute atomic E-state index is 0.418. The van der Waals surface area contributed by atoms with Gasteiger partial charge in [-0.3, -0.25) is 4.98 Å². The summed E-state index contributed by atoms with van der Waals surface area (Å²) in [6, 6.07) is 27.2. The molecular formula is C30H27BN2O2. The molecule has 4 nitrogen and oxygen atoms in total. The van der Waals surface area contributed by atoms with Gasteiger partial charge in [0.25, 0.3) is 0 Å². The topological polar surface area (TPSA) is 44.2 Å². The first kappa shape index (κ1) is 22.0. The highest BCUT2D eigenvalue weighted by atomic mass is 16.7. The molecule has 0 N–H and O–H groups in total. The third-order valence-electron chi connectivity index (χ3n) is 7.44. The molecule has 0 saturated carbocycles. The molecule has 3 heterocycles. The Bertz CT molecular complexity index is 1490. The van der Waals surface area contributed by atoms with Gasteiger partial charge in [0.15, 0.2) is 0 Å². The van der Waals surface area contributed by atoms with Crippen LogP contribution in [0.1, 0.15) is 27.7 Å². The fraction of sp³-hybridized carbons (Fsp3) is 0.200. The first-order chi connectivity index (χ1) is 16.9. The molecule has 172 valence electrons. The molecule has 1 saturated heterocycles. The fourth-order valence-electron chi connectivity index (χ4n) is 4.91. The highest BCUT2D eigenvalue weighted by Crippen LogP contribution is 2.40. The zero-order chi connectivity index (χ0) is 24.2. The minimum atomic E-state index is -0.458. The van der Waals surface area contributed by atoms with Crippen LogP contribution in [0.2, 0.25) is 0 Å². The molecule has 0 amide bonds. The number of pyridine rings is 2. The van der Waals surface area contributed by atoms with Crippen molar-refractivity contribution >= 4 is 34.1 Å². The van der Waals surface area contributed by atoms with Crippen molar-refractivity contribution in [3.05, 3.63) is 91.3 Å². The average molecular weight is 458 g/mol. The molecule has 1 fully saturated rings. The summed E-state index contributed by atoms with van der Waals surface area (Å²) in [4.78, 5) is 9.25. The Labute approximate surface area is 206 Å². The molecule has 5 aromatic rings. The van der Waals surface area contributed by atoms with E-state index < -0.39 is 18.3 Å². The Balaban J connectivity index is 1.63. The van der Waals surface area contributed by atoms with Crippen molar-refractivity contribution in [1.82, 2.24) is 9.97 Å². The SMILES string of the molecule is CC1(C)OB(c2c3ccccc3c(-c3cccc(-c4ccncc4)n3)c3ccccc23)OC1(C)C. The molecule has 6 rings (SSSR count). The number of benzene rings is 3. The molecule has 0 radical (unpaired) electrons. The normalized spacial score (nSPS) is 16.7. The number of aromatic nitrogens is 2. The summed E-state index contributed by atoms with van der Waals surface area (Å²) in [6.07, 6.45) is 3.60. The van der Waals surface area contributed by atoms with E-state index in [-0.39, 0.29) is 0 Å². The van der Waals surface area contributed by atoms with Gasteiger partial charge in [0, 0.05) is 23.5 Å². The summed E-state index contributed by atoms with van der Waals surface area (Å²) in [5.41, 5.74) is 4.26. The van der Waals surface area contributed by atoms with E-state index >= 15 is 0 Å². The highest BCUT2D eigenvalue weighted by Gasteiger charge is 2.52. The molecule has 5 heteroatoms. The monoisotopic (exact) mass is 458 g/mol. The Hall–Kier alpha value is -3.54. The maximum absolute atomic E-state index is 6.55. The van der Waals surface area contributed by atoms with E-state index in [9.17, 15) is 0 Å². The van der Waals surface area contributed by atoms with Gasteiger partial charge in [-0.25, -0.2) is 4.98 Å². The molecule has 2 aromatic heterocycles. The molecule has 0 unspecified atom stereocenters. The summed E-state index contributed by atoms with van der Waals surface area (Å²) in [5, 5.41) is 4.51. The lowest BCUT2D eigenvalue weighted by Gasteiger charge is -2.32. The Morgan fingerprint density at radius 1 is 0.600 bits per heavy atom. The Morgan fingerprint density at radius 3 is 1.69 bits per heavy atom. The minimum Gasteiger partial charge on any atom is -0.399 e. The van der Waals surface area contributed by atoms with Crippen LogP contribution in [0.4, 0.5) is 0 Å². The third kappa shape index (κ3) is 3.54. The van der Waals surface area contributed by atoms with Crippen molar-refractivity contribution in [1.29, 1.82) is 0 Å². The molecule has 35 heavy (non-hydrogen) atoms. The second-order valence-corrected chi connectivity index (χ2v) is 10.1. The lowest BCUT2D eigenvalue weighted by molar-refractivity contribution is 0.00578. The van der Waals surface area contributed by atoms with E-state index in [1.165, 1.54) is 0 Å². The maximum Gasteiger partial charge on any atom is 0.496 e. The van der Waals surface area contributed by atoms with Crippen LogP contribution in [0, 0.1) is 0 Å². The molecular weight excluding hydrogens is 431 g/mol. The largest absolute Gasteiger partial charge is 0.496 e. The van der Waals surface area contributed by atoms with Gasteiger partial charge >= 0.3 is 7.12 Å². The van der Waals surface area contributed by atoms with Crippen molar-refractivity contribution in [2.24, 2.45) is 0 Å². The van der Waals surface area contributed by atoms with Crippen LogP contribution in [0.25, 0.3) is 44.1 Å². The second kappa shape index (κ2) is 8.01. The number of nitrogens with zero attached hydrogens (tertiary/aromatic N) is 2. The maximum atomic E-state index is 6.55. The van der Waals surface area contributed by atoms with Gasteiger partial charge in [-0.1, -0.05) is 54.6 Å². The lowest BCUT2D eigenvalue weighted by atomic mass is 9.72. The van der Waals surface area contributed by atoms with Crippen LogP contribution < -0.4 is 5.46 Å². The van der Waals surface area contributed by atoms with Crippen molar-refractivity contribution < 1.29 is 9.31 Å². The van der Waals surface area contributed by atoms with Crippen LogP contribution in [0.3, 0.4) is 0 Å². The summed E-state index contributed by atoms with van der Waals surface area (Å²) >= 11 is 0. The summed E-state index contributed by atoms with van der Waals surface area (Å²) < 4.78 is 13.1. The van der Waals surface area contributed by atoms with Gasteiger partial charge in [-0.15, -0.1) is 0 Å². The molecule has 0 bridgehead atoms. The van der Waals surface area contributed by atoms with Crippen LogP contribution >= 0.6 is 0 Å². The standard InChI is InChI=1S/C30H27BN2O2/c1-29(2)30(3,4)35-31(34-29)28-23-12-7-5-10-21(23)27(22-11-6-8-13-24(22)28)26-15-9-14-25(33-26)20-16-18-32-19-17-20/h5-19H,1-4H3. The third-order valence-corrected chi connectivity index (χ3v) is 7.44. The Kier molecular flexibility index (Phi) is 5.03. The van der Waals surface area contributed by atoms with Gasteiger partial charge in [-0.2, -0.15) is 0 Å². The molecule has 1 aliphatic heterocycles. The van der Waals surface area contributed by atoms with Crippen LogP contribution in [-0.2, 0) is 9.31 Å². The number of hydrogen-bond acceptors (Lipinski definition) is 4. The molecule has 1 aliphatic rings. The van der Waals surface area contributed by atoms with Crippen LogP contribution in [0.5, 0.6) is 0 Å². The zero-order valence-corrected chi connectivity index (χ0v) is 20.4. The number of rotatable bonds is 3. The lowest BCUT2D eigenvalue weighted by Crippen LogP contribution is -2.41. The number of fused-ring (bicyclic) bond motifs is 2. The van der Waals surface area contributed by atoms with Crippen molar-refractivity contribution in [2.75, 3.05) is 0 Å². The quantitative estimate of drug-likeness (QED) is 0.231. The zero-order valence-electron chi connectivity index (χ0n) is 20.4. The van der Waals surface area contributed by atoms with E-state index in [0.717, 1.165) is 49.5 Å². The van der Waals surface area contributed by atoms with Crippen LogP contribution in [0.15, 0.2) is 91.3 Å². The predicted molar refractivity (Wildman–Crippen MR) is 144 cm³/mol. The van der Waals surface area contributed by atoms with Crippen molar-refractivity contribution in [3.8, 4) is 22.5 Å². The van der Waals surface area contributed by atoms with Gasteiger partial charge in [0.2, 0.25) is 0 Å². The van der Waals surface area contributed by atoms with Crippen molar-refractivity contribution in [3.63, 3.8) is 0 Å². The van der Waals surface area contributed by atoms with E-state index in [4.69, 9.17) is 14.3 Å². The summed E-state index contributed by atoms with van der Waals surface area (Å²) in [7, 11) is -0.458. The summed E-state index contributed by atoms with van der Waals surface area (Å²) in [6.45, 7) is 8.39. The van der Waals surface area contributed by atoms with E-state index in [2.05, 4.69) is 93.3 Å². The highest BCUT2D eigenvalue weighted by molar-refractivity contribution is 6.68. The van der Waals surface area contributed by atoms with Gasteiger partial charge in [0.05, 0.1) is 22.6 Å². The predicted octanol–water partition coefficient (Wildman–Crippen LogP) is 6.42. The first-order valence-electron chi connectivity index (χ1n) is 12.0. The Morgan fingerprint density at radius 2 is 1.11 bits per heavy atom. The van der Waals surface area contributed by atoms with Gasteiger partial charge in [0.1, 0.15) is 0 Å². The molecule has 0 atom stereocenters. The molecule has 0 spiro atoms. The van der Waals surface area contributed by atoms with Gasteiger partial charge < -0.3 is 9.31 Å². The van der Waals surface area contributed by atoms with E-state index in [1.807, 2.05) is 18.2 Å². The smallest absolute Gasteiger partial charge is 0.399 e. The molecule has 0 aliphatic carbocycles. The van der Waals surface area contributed by atoms with Crippen molar-refractivity contribution in [2.45, 2.75) is 38.9 Å². The second-order valence-electron chi connectivity index (χ2n) is 10.1. The van der Waals surface area contributed by atoms with E-state index in [0.29, 0.717) is 0 Å². The average Bonchev–Trinajstić information content (AvgIpc) is 3.09. The van der Waals surface area contributed by atoms with Crippen LogP contribution in [-0.4, -0.2) is 28.3 Å². The molecule has 3 aromatic carbocycles. The number of hydrogen-bond donors (Lipinski definition) is 0. The van der Waals surface area contributed by atoms with Gasteiger partial charge in [-0.05, 0) is 79.0 Å². The fourth-order valence-corrected chi connectivity index (χ4v) is 4.91.